The second-order valence-corrected chi connectivity index (χ2v) is 5.23. The number of nitrogens with one attached hydrogen (secondary N) is 1. The molecule has 0 radical (unpaired) electrons. The van der Waals surface area contributed by atoms with Crippen molar-refractivity contribution in [3.05, 3.63) is 0 Å². The van der Waals surface area contributed by atoms with E-state index in [1.807, 2.05) is 13.8 Å². The quantitative estimate of drug-likeness (QED) is 0.643. The van der Waals surface area contributed by atoms with Gasteiger partial charge in [-0.25, -0.2) is 0 Å². The van der Waals surface area contributed by atoms with Crippen molar-refractivity contribution in [1.29, 1.82) is 0 Å². The molecule has 1 saturated heterocycles. The van der Waals surface area contributed by atoms with Crippen LogP contribution >= 0.6 is 0 Å². The van der Waals surface area contributed by atoms with Gasteiger partial charge in [-0.1, -0.05) is 0 Å². The van der Waals surface area contributed by atoms with Crippen molar-refractivity contribution in [3.63, 3.8) is 0 Å². The highest BCUT2D eigenvalue weighted by molar-refractivity contribution is 5.74. The summed E-state index contributed by atoms with van der Waals surface area (Å²) in [5, 5.41) is 3.36. The first kappa shape index (κ1) is 13.5. The van der Waals surface area contributed by atoms with E-state index >= 15 is 0 Å². The van der Waals surface area contributed by atoms with Crippen LogP contribution in [0.2, 0.25) is 0 Å². The SMILES string of the molecule is CC(C)(CC(N)=O)NCCCC1CCCO1. The Hall–Kier alpha value is -0.610. The monoisotopic (exact) mass is 228 g/mol. The van der Waals surface area contributed by atoms with Gasteiger partial charge in [0.2, 0.25) is 5.91 Å². The van der Waals surface area contributed by atoms with E-state index in [0.717, 1.165) is 26.0 Å². The number of hydrogen-bond donors (Lipinski definition) is 2. The minimum absolute atomic E-state index is 0.192. The van der Waals surface area contributed by atoms with E-state index < -0.39 is 0 Å². The molecule has 1 fully saturated rings. The van der Waals surface area contributed by atoms with Gasteiger partial charge in [-0.3, -0.25) is 4.79 Å². The lowest BCUT2D eigenvalue weighted by molar-refractivity contribution is -0.119. The van der Waals surface area contributed by atoms with Crippen molar-refractivity contribution in [3.8, 4) is 0 Å². The van der Waals surface area contributed by atoms with E-state index in [2.05, 4.69) is 5.32 Å². The molecular formula is C12H24N2O2. The number of nitrogens with two attached hydrogens (primary N) is 1. The van der Waals surface area contributed by atoms with E-state index in [-0.39, 0.29) is 11.4 Å². The van der Waals surface area contributed by atoms with Gasteiger partial charge in [-0.05, 0) is 46.1 Å². The zero-order chi connectivity index (χ0) is 12.0. The third-order valence-electron chi connectivity index (χ3n) is 2.95. The van der Waals surface area contributed by atoms with Gasteiger partial charge < -0.3 is 15.8 Å². The van der Waals surface area contributed by atoms with Gasteiger partial charge in [-0.15, -0.1) is 0 Å². The predicted octanol–water partition coefficient (Wildman–Crippen LogP) is 1.19. The molecule has 0 aromatic rings. The minimum Gasteiger partial charge on any atom is -0.378 e. The molecule has 0 aromatic heterocycles. The summed E-state index contributed by atoms with van der Waals surface area (Å²) in [6, 6.07) is 0. The predicted molar refractivity (Wildman–Crippen MR) is 64.1 cm³/mol. The van der Waals surface area contributed by atoms with Crippen molar-refractivity contribution in [2.75, 3.05) is 13.2 Å². The fourth-order valence-corrected chi connectivity index (χ4v) is 2.13. The molecule has 0 aliphatic carbocycles. The van der Waals surface area contributed by atoms with Gasteiger partial charge in [0.25, 0.3) is 0 Å². The molecule has 1 rings (SSSR count). The Morgan fingerprint density at radius 3 is 2.88 bits per heavy atom. The van der Waals surface area contributed by atoms with Crippen LogP contribution < -0.4 is 11.1 Å². The summed E-state index contributed by atoms with van der Waals surface area (Å²) in [4.78, 5) is 10.8. The van der Waals surface area contributed by atoms with Gasteiger partial charge >= 0.3 is 0 Å². The summed E-state index contributed by atoms with van der Waals surface area (Å²) >= 11 is 0. The second-order valence-electron chi connectivity index (χ2n) is 5.23. The summed E-state index contributed by atoms with van der Waals surface area (Å²) in [5.41, 5.74) is 4.99. The highest BCUT2D eigenvalue weighted by Gasteiger charge is 2.20. The lowest BCUT2D eigenvalue weighted by Crippen LogP contribution is -2.43. The maximum Gasteiger partial charge on any atom is 0.219 e. The molecule has 1 amide bonds. The standard InChI is InChI=1S/C12H24N2O2/c1-12(2,9-11(13)15)14-7-3-5-10-6-4-8-16-10/h10,14H,3-9H2,1-2H3,(H2,13,15). The lowest BCUT2D eigenvalue weighted by atomic mass is 10.00. The number of rotatable bonds is 7. The summed E-state index contributed by atoms with van der Waals surface area (Å²) in [6.07, 6.45) is 5.44. The van der Waals surface area contributed by atoms with Crippen LogP contribution in [0.15, 0.2) is 0 Å². The third kappa shape index (κ3) is 5.47. The Morgan fingerprint density at radius 2 is 2.31 bits per heavy atom. The highest BCUT2D eigenvalue weighted by Crippen LogP contribution is 2.16. The molecule has 1 heterocycles. The zero-order valence-electron chi connectivity index (χ0n) is 10.4. The largest absolute Gasteiger partial charge is 0.378 e. The van der Waals surface area contributed by atoms with Crippen LogP contribution in [0.5, 0.6) is 0 Å². The summed E-state index contributed by atoms with van der Waals surface area (Å²) < 4.78 is 5.55. The van der Waals surface area contributed by atoms with Crippen LogP contribution in [-0.4, -0.2) is 30.7 Å². The van der Waals surface area contributed by atoms with Crippen molar-refractivity contribution >= 4 is 5.91 Å². The molecule has 94 valence electrons. The molecule has 1 atom stereocenters. The Bertz CT molecular complexity index is 223. The first-order chi connectivity index (χ1) is 7.49. The van der Waals surface area contributed by atoms with Gasteiger partial charge in [-0.2, -0.15) is 0 Å². The normalized spacial score (nSPS) is 21.2. The highest BCUT2D eigenvalue weighted by atomic mass is 16.5. The van der Waals surface area contributed by atoms with E-state index in [9.17, 15) is 4.79 Å². The fourth-order valence-electron chi connectivity index (χ4n) is 2.13. The molecule has 16 heavy (non-hydrogen) atoms. The molecule has 0 aromatic carbocycles. The van der Waals surface area contributed by atoms with Crippen LogP contribution in [0.25, 0.3) is 0 Å². The average Bonchev–Trinajstić information content (AvgIpc) is 2.62. The van der Waals surface area contributed by atoms with E-state index in [1.165, 1.54) is 12.8 Å². The molecule has 1 aliphatic heterocycles. The van der Waals surface area contributed by atoms with Gasteiger partial charge in [0.05, 0.1) is 6.10 Å². The van der Waals surface area contributed by atoms with Crippen molar-refractivity contribution in [1.82, 2.24) is 5.32 Å². The number of amides is 1. The topological polar surface area (TPSA) is 64.4 Å². The molecule has 4 heteroatoms. The van der Waals surface area contributed by atoms with E-state index in [4.69, 9.17) is 10.5 Å². The number of carbonyl (C=O) groups excluding carboxylic acids is 1. The van der Waals surface area contributed by atoms with E-state index in [0.29, 0.717) is 12.5 Å². The molecule has 4 nitrogen and oxygen atoms in total. The average molecular weight is 228 g/mol. The Morgan fingerprint density at radius 1 is 1.56 bits per heavy atom. The van der Waals surface area contributed by atoms with E-state index in [1.54, 1.807) is 0 Å². The summed E-state index contributed by atoms with van der Waals surface area (Å²) in [7, 11) is 0. The third-order valence-corrected chi connectivity index (χ3v) is 2.95. The van der Waals surface area contributed by atoms with Crippen molar-refractivity contribution < 1.29 is 9.53 Å². The van der Waals surface area contributed by atoms with Crippen LogP contribution in [-0.2, 0) is 9.53 Å². The molecule has 3 N–H and O–H groups in total. The fraction of sp³-hybridized carbons (Fsp3) is 0.917. The zero-order valence-corrected chi connectivity index (χ0v) is 10.4. The molecule has 1 aliphatic rings. The van der Waals surface area contributed by atoms with Gasteiger partial charge in [0, 0.05) is 18.6 Å². The summed E-state index contributed by atoms with van der Waals surface area (Å²) in [6.45, 7) is 5.85. The number of carbonyl (C=O) groups is 1. The maximum atomic E-state index is 10.8. The first-order valence-corrected chi connectivity index (χ1v) is 6.14. The minimum atomic E-state index is -0.253. The van der Waals surface area contributed by atoms with Crippen LogP contribution in [0.1, 0.15) is 46.0 Å². The molecule has 1 unspecified atom stereocenters. The Kier molecular flexibility index (Phi) is 5.22. The molecule has 0 bridgehead atoms. The maximum absolute atomic E-state index is 10.8. The van der Waals surface area contributed by atoms with Crippen LogP contribution in [0.4, 0.5) is 0 Å². The van der Waals surface area contributed by atoms with Crippen LogP contribution in [0.3, 0.4) is 0 Å². The number of primary amides is 1. The van der Waals surface area contributed by atoms with Gasteiger partial charge in [0.15, 0.2) is 0 Å². The van der Waals surface area contributed by atoms with Crippen molar-refractivity contribution in [2.45, 2.75) is 57.6 Å². The smallest absolute Gasteiger partial charge is 0.219 e. The van der Waals surface area contributed by atoms with Crippen molar-refractivity contribution in [2.24, 2.45) is 5.73 Å². The molecule has 0 spiro atoms. The molecular weight excluding hydrogens is 204 g/mol. The Labute approximate surface area is 97.9 Å². The molecule has 0 saturated carbocycles. The van der Waals surface area contributed by atoms with Crippen LogP contribution in [0, 0.1) is 0 Å². The number of ether oxygens (including phenoxy) is 1. The van der Waals surface area contributed by atoms with Gasteiger partial charge in [0.1, 0.15) is 0 Å². The first-order valence-electron chi connectivity index (χ1n) is 6.14. The lowest BCUT2D eigenvalue weighted by Gasteiger charge is -2.25. The summed E-state index contributed by atoms with van der Waals surface area (Å²) in [5.74, 6) is -0.253. The number of hydrogen-bond acceptors (Lipinski definition) is 3. The Balaban J connectivity index is 2.07. The second kappa shape index (κ2) is 6.21.